The van der Waals surface area contributed by atoms with E-state index in [1.807, 2.05) is 36.7 Å². The van der Waals surface area contributed by atoms with E-state index in [2.05, 4.69) is 48.8 Å². The van der Waals surface area contributed by atoms with Crippen LogP contribution in [0.5, 0.6) is 5.75 Å². The number of tetrazole rings is 1. The summed E-state index contributed by atoms with van der Waals surface area (Å²) in [7, 11) is 0. The van der Waals surface area contributed by atoms with Crippen LogP contribution >= 0.6 is 11.3 Å². The van der Waals surface area contributed by atoms with Crippen molar-refractivity contribution in [1.82, 2.24) is 35.2 Å². The van der Waals surface area contributed by atoms with Crippen LogP contribution in [0.25, 0.3) is 11.3 Å². The lowest BCUT2D eigenvalue weighted by Gasteiger charge is -2.25. The highest BCUT2D eigenvalue weighted by Crippen LogP contribution is 2.27. The molecule has 0 radical (unpaired) electrons. The van der Waals surface area contributed by atoms with Gasteiger partial charge >= 0.3 is 0 Å². The molecular weight excluding hydrogens is 424 g/mol. The Morgan fingerprint density at radius 1 is 1.12 bits per heavy atom. The number of anilines is 1. The van der Waals surface area contributed by atoms with Crippen molar-refractivity contribution in [3.05, 3.63) is 70.7 Å². The van der Waals surface area contributed by atoms with Crippen LogP contribution in [0.15, 0.2) is 54.4 Å². The lowest BCUT2D eigenvalue weighted by molar-refractivity contribution is 0.302. The van der Waals surface area contributed by atoms with Crippen LogP contribution in [0.2, 0.25) is 0 Å². The van der Waals surface area contributed by atoms with Crippen molar-refractivity contribution in [2.75, 3.05) is 18.0 Å². The van der Waals surface area contributed by atoms with Gasteiger partial charge in [-0.25, -0.2) is 19.6 Å². The summed E-state index contributed by atoms with van der Waals surface area (Å²) in [5.74, 6) is 1.56. The molecule has 0 saturated heterocycles. The fourth-order valence-corrected chi connectivity index (χ4v) is 4.27. The molecule has 9 nitrogen and oxygen atoms in total. The van der Waals surface area contributed by atoms with Gasteiger partial charge in [0.05, 0.1) is 11.4 Å². The van der Waals surface area contributed by atoms with Crippen molar-refractivity contribution in [3.8, 4) is 11.4 Å². The van der Waals surface area contributed by atoms with Gasteiger partial charge in [-0.2, -0.15) is 0 Å². The largest absolute Gasteiger partial charge is 0.487 e. The maximum absolute atomic E-state index is 5.90. The monoisotopic (exact) mass is 446 g/mol. The van der Waals surface area contributed by atoms with Crippen LogP contribution in [0.4, 0.5) is 5.95 Å². The average molecular weight is 447 g/mol. The van der Waals surface area contributed by atoms with E-state index in [1.54, 1.807) is 22.3 Å². The molecule has 0 bridgehead atoms. The number of ether oxygens (including phenoxy) is 1. The predicted molar refractivity (Wildman–Crippen MR) is 122 cm³/mol. The molecule has 0 aliphatic carbocycles. The summed E-state index contributed by atoms with van der Waals surface area (Å²) in [5, 5.41) is 14.3. The Morgan fingerprint density at radius 2 is 1.97 bits per heavy atom. The topological polar surface area (TPSA) is 94.7 Å². The van der Waals surface area contributed by atoms with Crippen LogP contribution in [0, 0.1) is 0 Å². The predicted octanol–water partition coefficient (Wildman–Crippen LogP) is 3.34. The molecule has 0 N–H and O–H groups in total. The minimum atomic E-state index is 0.428. The minimum Gasteiger partial charge on any atom is -0.487 e. The summed E-state index contributed by atoms with van der Waals surface area (Å²) in [6.45, 7) is 4.21. The van der Waals surface area contributed by atoms with Crippen molar-refractivity contribution in [2.24, 2.45) is 0 Å². The van der Waals surface area contributed by atoms with Gasteiger partial charge in [-0.15, -0.1) is 16.4 Å². The highest BCUT2D eigenvalue weighted by Gasteiger charge is 2.17. The molecular formula is C22H22N8OS. The first-order valence-corrected chi connectivity index (χ1v) is 11.3. The van der Waals surface area contributed by atoms with Gasteiger partial charge in [0.25, 0.3) is 0 Å². The highest BCUT2D eigenvalue weighted by atomic mass is 32.1. The first-order chi connectivity index (χ1) is 15.8. The van der Waals surface area contributed by atoms with E-state index in [9.17, 15) is 0 Å². The molecule has 5 rings (SSSR count). The second-order valence-electron chi connectivity index (χ2n) is 7.35. The summed E-state index contributed by atoms with van der Waals surface area (Å²) in [5.41, 5.74) is 4.23. The van der Waals surface area contributed by atoms with E-state index in [1.165, 1.54) is 5.57 Å². The van der Waals surface area contributed by atoms with Crippen LogP contribution in [-0.2, 0) is 13.0 Å². The highest BCUT2D eigenvalue weighted by molar-refractivity contribution is 7.10. The van der Waals surface area contributed by atoms with E-state index in [4.69, 9.17) is 9.72 Å². The number of nitrogens with zero attached hydrogens (tertiary/aromatic N) is 8. The van der Waals surface area contributed by atoms with Gasteiger partial charge < -0.3 is 9.64 Å². The van der Waals surface area contributed by atoms with E-state index in [0.29, 0.717) is 6.61 Å². The van der Waals surface area contributed by atoms with Gasteiger partial charge in [-0.3, -0.25) is 0 Å². The molecule has 0 saturated carbocycles. The maximum atomic E-state index is 5.90. The molecule has 0 amide bonds. The number of hydrogen-bond donors (Lipinski definition) is 0. The first-order valence-electron chi connectivity index (χ1n) is 10.4. The third-order valence-electron chi connectivity index (χ3n) is 5.26. The molecule has 0 fully saturated rings. The summed E-state index contributed by atoms with van der Waals surface area (Å²) in [6, 6.07) is 7.63. The van der Waals surface area contributed by atoms with Gasteiger partial charge in [-0.1, -0.05) is 13.0 Å². The van der Waals surface area contributed by atoms with Gasteiger partial charge in [-0.05, 0) is 58.7 Å². The molecule has 1 aliphatic rings. The Kier molecular flexibility index (Phi) is 5.84. The summed E-state index contributed by atoms with van der Waals surface area (Å²) >= 11 is 1.66. The lowest BCUT2D eigenvalue weighted by atomic mass is 10.1. The van der Waals surface area contributed by atoms with Gasteiger partial charge in [0.15, 0.2) is 0 Å². The fourth-order valence-electron chi connectivity index (χ4n) is 3.39. The molecule has 1 aromatic carbocycles. The molecule has 4 heterocycles. The van der Waals surface area contributed by atoms with Gasteiger partial charge in [0.1, 0.15) is 23.7 Å². The van der Waals surface area contributed by atoms with Crippen LogP contribution in [-0.4, -0.2) is 48.2 Å². The van der Waals surface area contributed by atoms with Crippen LogP contribution in [0.3, 0.4) is 0 Å². The number of hydrogen-bond acceptors (Lipinski definition) is 9. The number of rotatable bonds is 7. The number of benzene rings is 1. The fraction of sp³-hybridized carbons (Fsp3) is 0.273. The summed E-state index contributed by atoms with van der Waals surface area (Å²) in [6.07, 6.45) is 9.47. The molecule has 1 aliphatic heterocycles. The number of thiazole rings is 1. The third kappa shape index (κ3) is 4.50. The van der Waals surface area contributed by atoms with Gasteiger partial charge in [0, 0.05) is 30.9 Å². The molecule has 10 heteroatoms. The Balaban J connectivity index is 1.17. The first kappa shape index (κ1) is 20.3. The van der Waals surface area contributed by atoms with Crippen molar-refractivity contribution < 1.29 is 4.74 Å². The SMILES string of the molecule is CCc1cnc(N2CC=C(c3nc(COc4ccc(-n5cnnn5)cc4)cs3)CC2)nc1. The summed E-state index contributed by atoms with van der Waals surface area (Å²) in [4.78, 5) is 16.0. The van der Waals surface area contributed by atoms with E-state index >= 15 is 0 Å². The molecule has 3 aromatic heterocycles. The second kappa shape index (κ2) is 9.23. The number of aromatic nitrogens is 7. The average Bonchev–Trinajstić information content (AvgIpc) is 3.56. The zero-order valence-corrected chi connectivity index (χ0v) is 18.4. The van der Waals surface area contributed by atoms with Crippen molar-refractivity contribution in [1.29, 1.82) is 0 Å². The minimum absolute atomic E-state index is 0.428. The van der Waals surface area contributed by atoms with E-state index in [-0.39, 0.29) is 0 Å². The zero-order chi connectivity index (χ0) is 21.8. The third-order valence-corrected chi connectivity index (χ3v) is 6.22. The number of aryl methyl sites for hydroxylation is 1. The van der Waals surface area contributed by atoms with E-state index < -0.39 is 0 Å². The molecule has 162 valence electrons. The molecule has 0 spiro atoms. The van der Waals surface area contributed by atoms with Crippen molar-refractivity contribution >= 4 is 22.9 Å². The summed E-state index contributed by atoms with van der Waals surface area (Å²) < 4.78 is 7.50. The Hall–Kier alpha value is -3.66. The Bertz CT molecular complexity index is 1190. The van der Waals surface area contributed by atoms with Crippen molar-refractivity contribution in [3.63, 3.8) is 0 Å². The maximum Gasteiger partial charge on any atom is 0.225 e. The van der Waals surface area contributed by atoms with Crippen LogP contribution < -0.4 is 9.64 Å². The lowest BCUT2D eigenvalue weighted by Crippen LogP contribution is -2.29. The van der Waals surface area contributed by atoms with Crippen molar-refractivity contribution in [2.45, 2.75) is 26.4 Å². The Morgan fingerprint density at radius 3 is 2.66 bits per heavy atom. The Labute approximate surface area is 189 Å². The normalized spacial score (nSPS) is 13.8. The molecule has 32 heavy (non-hydrogen) atoms. The van der Waals surface area contributed by atoms with Crippen LogP contribution in [0.1, 0.15) is 29.6 Å². The second-order valence-corrected chi connectivity index (χ2v) is 8.21. The van der Waals surface area contributed by atoms with E-state index in [0.717, 1.165) is 59.6 Å². The quantitative estimate of drug-likeness (QED) is 0.427. The standard InChI is InChI=1S/C22H22N8OS/c1-2-16-11-23-22(24-12-16)29-9-7-17(8-10-29)21-26-18(14-32-21)13-31-20-5-3-19(4-6-20)30-15-25-27-28-30/h3-7,11-12,14-15H,2,8-10,13H2,1H3. The molecule has 0 atom stereocenters. The van der Waals surface area contributed by atoms with Gasteiger partial charge in [0.2, 0.25) is 5.95 Å². The zero-order valence-electron chi connectivity index (χ0n) is 17.6. The molecule has 0 unspecified atom stereocenters. The smallest absolute Gasteiger partial charge is 0.225 e. The molecule has 4 aromatic rings.